The first-order valence-electron chi connectivity index (χ1n) is 7.30. The molecule has 0 fully saturated rings. The summed E-state index contributed by atoms with van der Waals surface area (Å²) >= 11 is 0. The molecular formula is C15H22N2O5S. The molecule has 0 bridgehead atoms. The van der Waals surface area contributed by atoms with E-state index in [1.807, 2.05) is 6.92 Å². The minimum absolute atomic E-state index is 0.0883. The lowest BCUT2D eigenvalue weighted by Gasteiger charge is -2.15. The molecule has 8 heteroatoms. The number of hydrogen-bond acceptors (Lipinski definition) is 4. The number of carboxylic acid groups (broad SMARTS) is 1. The molecule has 1 rings (SSSR count). The zero-order valence-corrected chi connectivity index (χ0v) is 14.2. The van der Waals surface area contributed by atoms with Crippen LogP contribution in [0.4, 0.5) is 5.69 Å². The Bertz CT molecular complexity index is 685. The first-order chi connectivity index (χ1) is 10.7. The molecule has 23 heavy (non-hydrogen) atoms. The van der Waals surface area contributed by atoms with Crippen LogP contribution in [0.25, 0.3) is 0 Å². The Labute approximate surface area is 136 Å². The van der Waals surface area contributed by atoms with Crippen molar-refractivity contribution in [2.24, 2.45) is 0 Å². The Kier molecular flexibility index (Phi) is 6.71. The van der Waals surface area contributed by atoms with Crippen molar-refractivity contribution in [1.29, 1.82) is 0 Å². The lowest BCUT2D eigenvalue weighted by Crippen LogP contribution is -2.40. The predicted octanol–water partition coefficient (Wildman–Crippen LogP) is 1.88. The molecule has 0 aliphatic heterocycles. The molecule has 1 unspecified atom stereocenters. The fraction of sp³-hybridized carbons (Fsp3) is 0.467. The van der Waals surface area contributed by atoms with Crippen LogP contribution >= 0.6 is 0 Å². The van der Waals surface area contributed by atoms with E-state index < -0.39 is 22.0 Å². The number of amides is 1. The second kappa shape index (κ2) is 8.07. The number of sulfonamides is 1. The average Bonchev–Trinajstić information content (AvgIpc) is 2.44. The zero-order valence-electron chi connectivity index (χ0n) is 13.4. The molecule has 1 atom stereocenters. The maximum absolute atomic E-state index is 12.4. The molecule has 0 aliphatic carbocycles. The molecule has 3 N–H and O–H groups in total. The van der Waals surface area contributed by atoms with Gasteiger partial charge in [0.05, 0.1) is 4.90 Å². The van der Waals surface area contributed by atoms with Crippen molar-refractivity contribution in [3.05, 3.63) is 23.8 Å². The number of carboxylic acids is 1. The number of aliphatic carboxylic acids is 1. The number of benzene rings is 1. The van der Waals surface area contributed by atoms with E-state index in [0.29, 0.717) is 17.7 Å². The van der Waals surface area contributed by atoms with Gasteiger partial charge in [0, 0.05) is 12.6 Å². The quantitative estimate of drug-likeness (QED) is 0.667. The number of carbonyl (C=O) groups is 2. The van der Waals surface area contributed by atoms with Gasteiger partial charge in [-0.05, 0) is 31.0 Å². The van der Waals surface area contributed by atoms with Crippen LogP contribution in [0.3, 0.4) is 0 Å². The summed E-state index contributed by atoms with van der Waals surface area (Å²) in [5.41, 5.74) is 1.08. The molecule has 0 spiro atoms. The van der Waals surface area contributed by atoms with Gasteiger partial charge in [0.1, 0.15) is 6.04 Å². The van der Waals surface area contributed by atoms with Crippen LogP contribution in [0.5, 0.6) is 0 Å². The van der Waals surface area contributed by atoms with E-state index in [4.69, 9.17) is 5.11 Å². The minimum Gasteiger partial charge on any atom is -0.480 e. The van der Waals surface area contributed by atoms with Gasteiger partial charge in [0.25, 0.3) is 0 Å². The summed E-state index contributed by atoms with van der Waals surface area (Å²) in [6.07, 6.45) is 1.59. The maximum Gasteiger partial charge on any atom is 0.321 e. The van der Waals surface area contributed by atoms with Crippen LogP contribution < -0.4 is 10.0 Å². The Morgan fingerprint density at radius 3 is 2.48 bits per heavy atom. The number of rotatable bonds is 8. The van der Waals surface area contributed by atoms with Gasteiger partial charge in [-0.2, -0.15) is 4.72 Å². The third-order valence-corrected chi connectivity index (χ3v) is 4.74. The van der Waals surface area contributed by atoms with E-state index in [1.165, 1.54) is 19.1 Å². The van der Waals surface area contributed by atoms with Crippen molar-refractivity contribution >= 4 is 27.6 Å². The van der Waals surface area contributed by atoms with Crippen molar-refractivity contribution in [2.45, 2.75) is 51.0 Å². The van der Waals surface area contributed by atoms with Crippen molar-refractivity contribution in [1.82, 2.24) is 4.72 Å². The van der Waals surface area contributed by atoms with Gasteiger partial charge in [0.15, 0.2) is 0 Å². The largest absolute Gasteiger partial charge is 0.480 e. The smallest absolute Gasteiger partial charge is 0.321 e. The number of aryl methyl sites for hydroxylation is 1. The summed E-state index contributed by atoms with van der Waals surface area (Å²) in [7, 11) is -3.99. The summed E-state index contributed by atoms with van der Waals surface area (Å²) in [6.45, 7) is 4.95. The van der Waals surface area contributed by atoms with Crippen LogP contribution in [0, 0.1) is 6.92 Å². The molecule has 0 saturated heterocycles. The van der Waals surface area contributed by atoms with Crippen LogP contribution in [0.15, 0.2) is 23.1 Å². The fourth-order valence-electron chi connectivity index (χ4n) is 1.99. The SMILES string of the molecule is CCCCC(NS(=O)(=O)c1ccc(C)c(NC(C)=O)c1)C(=O)O. The molecule has 0 saturated carbocycles. The number of nitrogens with one attached hydrogen (secondary N) is 2. The van der Waals surface area contributed by atoms with Gasteiger partial charge in [-0.25, -0.2) is 8.42 Å². The van der Waals surface area contributed by atoms with Gasteiger partial charge in [-0.1, -0.05) is 25.8 Å². The van der Waals surface area contributed by atoms with E-state index in [2.05, 4.69) is 10.0 Å². The second-order valence-corrected chi connectivity index (χ2v) is 7.03. The Morgan fingerprint density at radius 2 is 1.96 bits per heavy atom. The highest BCUT2D eigenvalue weighted by molar-refractivity contribution is 7.89. The summed E-state index contributed by atoms with van der Waals surface area (Å²) in [6, 6.07) is 3.08. The summed E-state index contributed by atoms with van der Waals surface area (Å²) < 4.78 is 26.9. The number of unbranched alkanes of at least 4 members (excludes halogenated alkanes) is 1. The van der Waals surface area contributed by atoms with Gasteiger partial charge in [-0.3, -0.25) is 9.59 Å². The molecule has 0 radical (unpaired) electrons. The molecule has 128 valence electrons. The number of anilines is 1. The predicted molar refractivity (Wildman–Crippen MR) is 86.8 cm³/mol. The van der Waals surface area contributed by atoms with Crippen LogP contribution in [-0.4, -0.2) is 31.4 Å². The van der Waals surface area contributed by atoms with E-state index in [0.717, 1.165) is 6.42 Å². The van der Waals surface area contributed by atoms with Crippen LogP contribution in [0.2, 0.25) is 0 Å². The van der Waals surface area contributed by atoms with Crippen LogP contribution in [-0.2, 0) is 19.6 Å². The molecule has 1 aromatic carbocycles. The molecule has 0 heterocycles. The normalized spacial score (nSPS) is 12.7. The van der Waals surface area contributed by atoms with Crippen molar-refractivity contribution in [3.63, 3.8) is 0 Å². The average molecular weight is 342 g/mol. The highest BCUT2D eigenvalue weighted by Crippen LogP contribution is 2.20. The van der Waals surface area contributed by atoms with Crippen LogP contribution in [0.1, 0.15) is 38.7 Å². The lowest BCUT2D eigenvalue weighted by molar-refractivity contribution is -0.139. The van der Waals surface area contributed by atoms with Crippen molar-refractivity contribution in [3.8, 4) is 0 Å². The summed E-state index contributed by atoms with van der Waals surface area (Å²) in [5, 5.41) is 11.7. The molecule has 0 aliphatic rings. The van der Waals surface area contributed by atoms with E-state index in [9.17, 15) is 18.0 Å². The third kappa shape index (κ3) is 5.65. The fourth-order valence-corrected chi connectivity index (χ4v) is 3.24. The van der Waals surface area contributed by atoms with Gasteiger partial charge < -0.3 is 10.4 Å². The topological polar surface area (TPSA) is 113 Å². The first-order valence-corrected chi connectivity index (χ1v) is 8.79. The third-order valence-electron chi connectivity index (χ3n) is 3.27. The van der Waals surface area contributed by atoms with Gasteiger partial charge >= 0.3 is 5.97 Å². The van der Waals surface area contributed by atoms with E-state index >= 15 is 0 Å². The molecule has 0 aromatic heterocycles. The monoisotopic (exact) mass is 342 g/mol. The Balaban J connectivity index is 3.07. The minimum atomic E-state index is -3.99. The summed E-state index contributed by atoms with van der Waals surface area (Å²) in [4.78, 5) is 22.3. The van der Waals surface area contributed by atoms with Gasteiger partial charge in [-0.15, -0.1) is 0 Å². The Hall–Kier alpha value is -1.93. The highest BCUT2D eigenvalue weighted by atomic mass is 32.2. The van der Waals surface area contributed by atoms with Crippen molar-refractivity contribution in [2.75, 3.05) is 5.32 Å². The lowest BCUT2D eigenvalue weighted by atomic mass is 10.1. The second-order valence-electron chi connectivity index (χ2n) is 5.31. The molecular weight excluding hydrogens is 320 g/mol. The maximum atomic E-state index is 12.4. The first kappa shape index (κ1) is 19.1. The van der Waals surface area contributed by atoms with Crippen molar-refractivity contribution < 1.29 is 23.1 Å². The number of carbonyl (C=O) groups excluding carboxylic acids is 1. The Morgan fingerprint density at radius 1 is 1.30 bits per heavy atom. The van der Waals surface area contributed by atoms with E-state index in [1.54, 1.807) is 13.0 Å². The molecule has 1 aromatic rings. The van der Waals surface area contributed by atoms with Gasteiger partial charge in [0.2, 0.25) is 15.9 Å². The molecule has 1 amide bonds. The van der Waals surface area contributed by atoms with E-state index in [-0.39, 0.29) is 17.2 Å². The summed E-state index contributed by atoms with van der Waals surface area (Å²) in [5.74, 6) is -1.53. The molecule has 7 nitrogen and oxygen atoms in total. The standard InChI is InChI=1S/C15H22N2O5S/c1-4-5-6-13(15(19)20)17-23(21,22)12-8-7-10(2)14(9-12)16-11(3)18/h7-9,13,17H,4-6H2,1-3H3,(H,16,18)(H,19,20). The zero-order chi connectivity index (χ0) is 17.6. The number of hydrogen-bond donors (Lipinski definition) is 3. The highest BCUT2D eigenvalue weighted by Gasteiger charge is 2.25.